The Morgan fingerprint density at radius 1 is 1.05 bits per heavy atom. The molecule has 1 fully saturated rings. The molecule has 38 heavy (non-hydrogen) atoms. The molecule has 12 nitrogen and oxygen atoms in total. The number of amides is 2. The molecular weight excluding hydrogens is 508 g/mol. The number of carbonyl (C=O) groups excluding carboxylic acids is 2. The third-order valence-corrected chi connectivity index (χ3v) is 7.95. The summed E-state index contributed by atoms with van der Waals surface area (Å²) in [5, 5.41) is 10.2. The fourth-order valence-electron chi connectivity index (χ4n) is 4.51. The van der Waals surface area contributed by atoms with Crippen molar-refractivity contribution in [3.05, 3.63) is 47.7 Å². The van der Waals surface area contributed by atoms with E-state index in [1.165, 1.54) is 16.8 Å². The predicted molar refractivity (Wildman–Crippen MR) is 145 cm³/mol. The van der Waals surface area contributed by atoms with Crippen molar-refractivity contribution in [3.8, 4) is 0 Å². The first kappa shape index (κ1) is 27.5. The lowest BCUT2D eigenvalue weighted by molar-refractivity contribution is 0.0947. The van der Waals surface area contributed by atoms with E-state index >= 15 is 0 Å². The second-order valence-corrected chi connectivity index (χ2v) is 11.4. The lowest BCUT2D eigenvalue weighted by Gasteiger charge is -2.30. The van der Waals surface area contributed by atoms with Gasteiger partial charge < -0.3 is 16.4 Å². The van der Waals surface area contributed by atoms with Crippen molar-refractivity contribution in [2.24, 2.45) is 10.7 Å². The van der Waals surface area contributed by atoms with Gasteiger partial charge in [0.05, 0.1) is 23.7 Å². The Morgan fingerprint density at radius 3 is 2.53 bits per heavy atom. The number of nitrogens with two attached hydrogens (primary N) is 1. The number of hydrogen-bond acceptors (Lipinski definition) is 8. The van der Waals surface area contributed by atoms with E-state index < -0.39 is 15.9 Å². The quantitative estimate of drug-likeness (QED) is 0.520. The van der Waals surface area contributed by atoms with Crippen LogP contribution in [0.5, 0.6) is 0 Å². The average Bonchev–Trinajstić information content (AvgIpc) is 3.32. The highest BCUT2D eigenvalue weighted by molar-refractivity contribution is 7.88. The normalized spacial score (nSPS) is 20.3. The molecule has 0 saturated carbocycles. The first-order valence-corrected chi connectivity index (χ1v) is 14.6. The van der Waals surface area contributed by atoms with Crippen LogP contribution in [0.15, 0.2) is 35.6 Å². The van der Waals surface area contributed by atoms with Crippen LogP contribution in [0.3, 0.4) is 0 Å². The maximum Gasteiger partial charge on any atom is 0.274 e. The number of aliphatic imine (C=N–C) groups is 1. The monoisotopic (exact) mass is 542 g/mol. The minimum Gasteiger partial charge on any atom is -0.404 e. The fraction of sp³-hybridized carbons (Fsp3) is 0.480. The van der Waals surface area contributed by atoms with Gasteiger partial charge in [0, 0.05) is 50.4 Å². The number of anilines is 1. The highest BCUT2D eigenvalue weighted by atomic mass is 32.2. The van der Waals surface area contributed by atoms with Gasteiger partial charge in [-0.3, -0.25) is 19.3 Å². The molecule has 204 valence electrons. The van der Waals surface area contributed by atoms with E-state index in [0.717, 1.165) is 25.7 Å². The first-order valence-electron chi connectivity index (χ1n) is 12.8. The molecular formula is C25H34N8O4S. The molecule has 0 spiro atoms. The van der Waals surface area contributed by atoms with E-state index in [9.17, 15) is 18.0 Å². The maximum absolute atomic E-state index is 13.2. The van der Waals surface area contributed by atoms with Crippen molar-refractivity contribution in [2.45, 2.75) is 44.6 Å². The number of fused-ring (bicyclic) bond motifs is 3. The van der Waals surface area contributed by atoms with E-state index in [1.807, 2.05) is 0 Å². The predicted octanol–water partition coefficient (Wildman–Crippen LogP) is 1.80. The van der Waals surface area contributed by atoms with Gasteiger partial charge in [0.1, 0.15) is 5.69 Å². The number of allylic oxidation sites excluding steroid dienone is 1. The maximum atomic E-state index is 13.2. The summed E-state index contributed by atoms with van der Waals surface area (Å²) in [6.45, 7) is 1.86. The van der Waals surface area contributed by atoms with Crippen LogP contribution in [0.25, 0.3) is 5.57 Å². The molecule has 4 heterocycles. The number of carbonyl (C=O) groups is 2. The van der Waals surface area contributed by atoms with Gasteiger partial charge in [-0.2, -0.15) is 5.10 Å². The Kier molecular flexibility index (Phi) is 8.89. The van der Waals surface area contributed by atoms with Crippen LogP contribution >= 0.6 is 0 Å². The lowest BCUT2D eigenvalue weighted by atomic mass is 10.1. The molecule has 13 heteroatoms. The highest BCUT2D eigenvalue weighted by Gasteiger charge is 2.28. The molecule has 0 atom stereocenters. The van der Waals surface area contributed by atoms with Gasteiger partial charge in [0.2, 0.25) is 10.0 Å². The van der Waals surface area contributed by atoms with Crippen molar-refractivity contribution in [1.82, 2.24) is 24.4 Å². The van der Waals surface area contributed by atoms with Gasteiger partial charge >= 0.3 is 0 Å². The number of piperidine rings is 1. The van der Waals surface area contributed by atoms with Crippen LogP contribution in [0.2, 0.25) is 0 Å². The highest BCUT2D eigenvalue weighted by Crippen LogP contribution is 2.26. The zero-order chi connectivity index (χ0) is 27.1. The average molecular weight is 543 g/mol. The van der Waals surface area contributed by atoms with Gasteiger partial charge in [-0.15, -0.1) is 0 Å². The van der Waals surface area contributed by atoms with Gasteiger partial charge in [0.15, 0.2) is 5.69 Å². The van der Waals surface area contributed by atoms with Crippen LogP contribution in [0.1, 0.15) is 71.2 Å². The minimum absolute atomic E-state index is 0.107. The van der Waals surface area contributed by atoms with Crippen molar-refractivity contribution in [1.29, 1.82) is 0 Å². The molecule has 0 radical (unpaired) electrons. The number of nitrogens with zero attached hydrogens (tertiary/aromatic N) is 5. The second kappa shape index (κ2) is 12.3. The number of rotatable bonds is 2. The molecule has 0 aromatic carbocycles. The molecule has 1 saturated heterocycles. The molecule has 2 aliphatic rings. The molecule has 2 aromatic rings. The van der Waals surface area contributed by atoms with E-state index in [1.54, 1.807) is 35.3 Å². The molecule has 4 N–H and O–H groups in total. The van der Waals surface area contributed by atoms with Crippen LogP contribution in [0.4, 0.5) is 5.69 Å². The zero-order valence-corrected chi connectivity index (χ0v) is 22.3. The summed E-state index contributed by atoms with van der Waals surface area (Å²) in [7, 11) is -3.27. The molecule has 2 amide bonds. The summed E-state index contributed by atoms with van der Waals surface area (Å²) in [4.78, 5) is 35.1. The largest absolute Gasteiger partial charge is 0.404 e. The topological polar surface area (TPSA) is 165 Å². The lowest BCUT2D eigenvalue weighted by Crippen LogP contribution is -2.38. The van der Waals surface area contributed by atoms with Gasteiger partial charge in [-0.25, -0.2) is 17.7 Å². The summed E-state index contributed by atoms with van der Waals surface area (Å²) >= 11 is 0. The van der Waals surface area contributed by atoms with E-state index in [4.69, 9.17) is 5.73 Å². The molecule has 2 aliphatic heterocycles. The van der Waals surface area contributed by atoms with Gasteiger partial charge in [-0.1, -0.05) is 18.9 Å². The number of pyridine rings is 1. The standard InChI is InChI=1S/C25H34N8O4S/c1-38(36,37)32-13-9-19(10-14-32)33-17-22-23(31-33)25(35)28-12-5-3-2-4-11-27-16-18(15-26)20-7-6-8-21(29-20)24(34)30-22/h6-8,15-17,19H,2-5,9-14,26H2,1H3,(H,28,35)(H,30,34). The van der Waals surface area contributed by atoms with Gasteiger partial charge in [0.25, 0.3) is 11.8 Å². The summed E-state index contributed by atoms with van der Waals surface area (Å²) in [6, 6.07) is 4.93. The molecule has 0 aliphatic carbocycles. The van der Waals surface area contributed by atoms with E-state index in [-0.39, 0.29) is 29.0 Å². The summed E-state index contributed by atoms with van der Waals surface area (Å²) in [6.07, 6.45) is 10.6. The minimum atomic E-state index is -3.27. The third kappa shape index (κ3) is 6.84. The van der Waals surface area contributed by atoms with Crippen molar-refractivity contribution in [3.63, 3.8) is 0 Å². The van der Waals surface area contributed by atoms with E-state index in [0.29, 0.717) is 50.3 Å². The Balaban J connectivity index is 1.62. The van der Waals surface area contributed by atoms with Crippen molar-refractivity contribution < 1.29 is 18.0 Å². The molecule has 2 bridgehead atoms. The van der Waals surface area contributed by atoms with Crippen LogP contribution in [-0.4, -0.2) is 78.0 Å². The van der Waals surface area contributed by atoms with Crippen molar-refractivity contribution >= 4 is 39.3 Å². The number of hydrogen-bond donors (Lipinski definition) is 3. The van der Waals surface area contributed by atoms with Crippen LogP contribution in [-0.2, 0) is 10.0 Å². The number of sulfonamides is 1. The van der Waals surface area contributed by atoms with Crippen LogP contribution < -0.4 is 16.4 Å². The van der Waals surface area contributed by atoms with E-state index in [2.05, 4.69) is 25.7 Å². The smallest absolute Gasteiger partial charge is 0.274 e. The SMILES string of the molecule is CS(=O)(=O)N1CCC(n2cc3c(n2)C(=O)NCCCCCCN=CC(=CN)c2cccc(n2)C(=O)N3)CC1. The summed E-state index contributed by atoms with van der Waals surface area (Å²) in [5.41, 5.74) is 7.44. The summed E-state index contributed by atoms with van der Waals surface area (Å²) in [5.74, 6) is -0.879. The number of aromatic nitrogens is 3. The Morgan fingerprint density at radius 2 is 1.79 bits per heavy atom. The number of nitrogens with one attached hydrogen (secondary N) is 2. The Bertz CT molecular complexity index is 1330. The summed E-state index contributed by atoms with van der Waals surface area (Å²) < 4.78 is 26.9. The fourth-order valence-corrected chi connectivity index (χ4v) is 5.38. The molecule has 4 rings (SSSR count). The second-order valence-electron chi connectivity index (χ2n) is 9.45. The first-order chi connectivity index (χ1) is 18.3. The molecule has 2 aromatic heterocycles. The zero-order valence-electron chi connectivity index (χ0n) is 21.5. The third-order valence-electron chi connectivity index (χ3n) is 6.65. The molecule has 0 unspecified atom stereocenters. The van der Waals surface area contributed by atoms with Crippen LogP contribution in [0, 0.1) is 0 Å². The Hall–Kier alpha value is -3.58. The Labute approximate surface area is 222 Å². The van der Waals surface area contributed by atoms with Crippen molar-refractivity contribution in [2.75, 3.05) is 37.8 Å². The van der Waals surface area contributed by atoms with Gasteiger partial charge in [-0.05, 0) is 37.8 Å².